The number of benzene rings is 2. The minimum atomic E-state index is -0.0657. The number of carbonyl (C=O) groups is 1. The van der Waals surface area contributed by atoms with E-state index in [0.717, 1.165) is 11.3 Å². The number of nitrogens with two attached hydrogens (primary N) is 1. The largest absolute Gasteiger partial charge is 0.351 e. The van der Waals surface area contributed by atoms with Gasteiger partial charge < -0.3 is 11.1 Å². The molecule has 3 nitrogen and oxygen atoms in total. The molecule has 2 rings (SSSR count). The van der Waals surface area contributed by atoms with Crippen LogP contribution in [0.2, 0.25) is 0 Å². The molecule has 0 aliphatic rings. The maximum absolute atomic E-state index is 12.0. The number of nitrogens with one attached hydrogen (secondary N) is 1. The highest BCUT2D eigenvalue weighted by atomic mass is 32.2. The van der Waals surface area contributed by atoms with Crippen molar-refractivity contribution in [3.8, 4) is 0 Å². The van der Waals surface area contributed by atoms with Gasteiger partial charge in [0.05, 0.1) is 0 Å². The van der Waals surface area contributed by atoms with Gasteiger partial charge in [-0.3, -0.25) is 4.79 Å². The minimum Gasteiger partial charge on any atom is -0.351 e. The van der Waals surface area contributed by atoms with Gasteiger partial charge in [0.25, 0.3) is 5.91 Å². The normalized spacial score (nSPS) is 10.5. The molecule has 1 amide bonds. The van der Waals surface area contributed by atoms with Gasteiger partial charge in [-0.2, -0.15) is 0 Å². The van der Waals surface area contributed by atoms with E-state index in [0.29, 0.717) is 18.7 Å². The Hall–Kier alpha value is -1.78. The van der Waals surface area contributed by atoms with Gasteiger partial charge >= 0.3 is 0 Å². The van der Waals surface area contributed by atoms with Crippen molar-refractivity contribution < 1.29 is 4.79 Å². The molecule has 0 saturated heterocycles. The van der Waals surface area contributed by atoms with Crippen LogP contribution < -0.4 is 11.1 Å². The Morgan fingerprint density at radius 3 is 2.77 bits per heavy atom. The predicted octanol–water partition coefficient (Wildman–Crippen LogP) is 3.28. The van der Waals surface area contributed by atoms with E-state index in [2.05, 4.69) is 43.4 Å². The quantitative estimate of drug-likeness (QED) is 0.805. The van der Waals surface area contributed by atoms with Crippen LogP contribution in [0.15, 0.2) is 47.4 Å². The van der Waals surface area contributed by atoms with E-state index in [4.69, 9.17) is 5.73 Å². The molecule has 0 aromatic heterocycles. The maximum atomic E-state index is 12.0. The lowest BCUT2D eigenvalue weighted by Gasteiger charge is -2.08. The standard InChI is InChI=1S/C18H22N2OS/c1-13-6-7-14(2)17(10-13)22-12-15-4-3-5-16(11-15)18(21)20-9-8-19/h3-7,10-11H,8-9,12,19H2,1-2H3,(H,20,21). The first-order valence-corrected chi connectivity index (χ1v) is 8.36. The van der Waals surface area contributed by atoms with Crippen LogP contribution in [0, 0.1) is 13.8 Å². The number of rotatable bonds is 6. The second kappa shape index (κ2) is 8.01. The van der Waals surface area contributed by atoms with Crippen molar-refractivity contribution in [1.82, 2.24) is 5.32 Å². The third-order valence-electron chi connectivity index (χ3n) is 3.36. The highest BCUT2D eigenvalue weighted by Crippen LogP contribution is 2.27. The van der Waals surface area contributed by atoms with E-state index in [1.807, 2.05) is 18.2 Å². The average Bonchev–Trinajstić information content (AvgIpc) is 2.53. The molecule has 0 radical (unpaired) electrons. The Morgan fingerprint density at radius 1 is 1.18 bits per heavy atom. The van der Waals surface area contributed by atoms with Crippen LogP contribution >= 0.6 is 11.8 Å². The summed E-state index contributed by atoms with van der Waals surface area (Å²) in [6.07, 6.45) is 0. The van der Waals surface area contributed by atoms with Crippen molar-refractivity contribution in [1.29, 1.82) is 0 Å². The van der Waals surface area contributed by atoms with Crippen LogP contribution in [0.5, 0.6) is 0 Å². The lowest BCUT2D eigenvalue weighted by molar-refractivity contribution is 0.0954. The summed E-state index contributed by atoms with van der Waals surface area (Å²) in [5.41, 5.74) is 9.79. The lowest BCUT2D eigenvalue weighted by atomic mass is 10.1. The second-order valence-electron chi connectivity index (χ2n) is 5.30. The molecule has 0 aliphatic carbocycles. The molecule has 0 heterocycles. The van der Waals surface area contributed by atoms with E-state index < -0.39 is 0 Å². The first-order chi connectivity index (χ1) is 10.6. The van der Waals surface area contributed by atoms with E-state index in [-0.39, 0.29) is 5.91 Å². The van der Waals surface area contributed by atoms with E-state index in [1.54, 1.807) is 11.8 Å². The van der Waals surface area contributed by atoms with Crippen molar-refractivity contribution in [3.63, 3.8) is 0 Å². The zero-order valence-corrected chi connectivity index (χ0v) is 13.9. The summed E-state index contributed by atoms with van der Waals surface area (Å²) >= 11 is 1.80. The molecule has 4 heteroatoms. The third kappa shape index (κ3) is 4.61. The Kier molecular flexibility index (Phi) is 6.04. The molecule has 2 aromatic carbocycles. The Balaban J connectivity index is 2.04. The van der Waals surface area contributed by atoms with Crippen molar-refractivity contribution in [2.75, 3.05) is 13.1 Å². The number of amides is 1. The van der Waals surface area contributed by atoms with Crippen LogP contribution in [-0.2, 0) is 5.75 Å². The molecule has 0 aliphatic heterocycles. The van der Waals surface area contributed by atoms with Gasteiger partial charge in [-0.1, -0.05) is 29.8 Å². The zero-order chi connectivity index (χ0) is 15.9. The summed E-state index contributed by atoms with van der Waals surface area (Å²) in [5.74, 6) is 0.784. The Morgan fingerprint density at radius 2 is 2.00 bits per heavy atom. The van der Waals surface area contributed by atoms with Crippen molar-refractivity contribution in [3.05, 3.63) is 64.7 Å². The topological polar surface area (TPSA) is 55.1 Å². The number of carbonyl (C=O) groups excluding carboxylic acids is 1. The van der Waals surface area contributed by atoms with E-state index in [9.17, 15) is 4.79 Å². The second-order valence-corrected chi connectivity index (χ2v) is 6.32. The number of thioether (sulfide) groups is 1. The summed E-state index contributed by atoms with van der Waals surface area (Å²) in [4.78, 5) is 13.2. The van der Waals surface area contributed by atoms with Gasteiger partial charge in [-0.25, -0.2) is 0 Å². The van der Waals surface area contributed by atoms with E-state index >= 15 is 0 Å². The highest BCUT2D eigenvalue weighted by molar-refractivity contribution is 7.98. The van der Waals surface area contributed by atoms with Gasteiger partial charge in [0, 0.05) is 29.3 Å². The molecule has 0 atom stereocenters. The van der Waals surface area contributed by atoms with Crippen molar-refractivity contribution in [2.24, 2.45) is 5.73 Å². The fourth-order valence-corrected chi connectivity index (χ4v) is 3.18. The molecule has 0 spiro atoms. The summed E-state index contributed by atoms with van der Waals surface area (Å²) in [7, 11) is 0. The molecule has 2 aromatic rings. The summed E-state index contributed by atoms with van der Waals surface area (Å²) < 4.78 is 0. The third-order valence-corrected chi connectivity index (χ3v) is 4.59. The van der Waals surface area contributed by atoms with Crippen molar-refractivity contribution in [2.45, 2.75) is 24.5 Å². The van der Waals surface area contributed by atoms with Crippen LogP contribution in [0.4, 0.5) is 0 Å². The van der Waals surface area contributed by atoms with Gasteiger partial charge in [-0.15, -0.1) is 11.8 Å². The molecule has 22 heavy (non-hydrogen) atoms. The Labute approximate surface area is 136 Å². The van der Waals surface area contributed by atoms with Crippen LogP contribution in [0.25, 0.3) is 0 Å². The molecule has 3 N–H and O–H groups in total. The smallest absolute Gasteiger partial charge is 0.251 e. The SMILES string of the molecule is Cc1ccc(C)c(SCc2cccc(C(=O)NCCN)c2)c1. The molecule has 0 bridgehead atoms. The van der Waals surface area contributed by atoms with Gasteiger partial charge in [-0.05, 0) is 43.2 Å². The number of hydrogen-bond acceptors (Lipinski definition) is 3. The van der Waals surface area contributed by atoms with Gasteiger partial charge in [0.2, 0.25) is 0 Å². The van der Waals surface area contributed by atoms with E-state index in [1.165, 1.54) is 16.0 Å². The summed E-state index contributed by atoms with van der Waals surface area (Å²) in [6.45, 7) is 5.18. The van der Waals surface area contributed by atoms with Crippen molar-refractivity contribution >= 4 is 17.7 Å². The molecule has 116 valence electrons. The maximum Gasteiger partial charge on any atom is 0.251 e. The lowest BCUT2D eigenvalue weighted by Crippen LogP contribution is -2.28. The molecule has 0 unspecified atom stereocenters. The average molecular weight is 314 g/mol. The fraction of sp³-hybridized carbons (Fsp3) is 0.278. The first-order valence-electron chi connectivity index (χ1n) is 7.37. The molecule has 0 saturated carbocycles. The summed E-state index contributed by atoms with van der Waals surface area (Å²) in [5, 5.41) is 2.80. The van der Waals surface area contributed by atoms with Crippen LogP contribution in [-0.4, -0.2) is 19.0 Å². The Bertz CT molecular complexity index is 655. The molecular weight excluding hydrogens is 292 g/mol. The molecular formula is C18H22N2OS. The highest BCUT2D eigenvalue weighted by Gasteiger charge is 2.06. The van der Waals surface area contributed by atoms with Crippen LogP contribution in [0.3, 0.4) is 0 Å². The zero-order valence-electron chi connectivity index (χ0n) is 13.1. The number of aryl methyl sites for hydroxylation is 2. The predicted molar refractivity (Wildman–Crippen MR) is 93.3 cm³/mol. The summed E-state index contributed by atoms with van der Waals surface area (Å²) in [6, 6.07) is 14.2. The minimum absolute atomic E-state index is 0.0657. The van der Waals surface area contributed by atoms with Crippen LogP contribution in [0.1, 0.15) is 27.0 Å². The van der Waals surface area contributed by atoms with Gasteiger partial charge in [0.1, 0.15) is 0 Å². The first kappa shape index (κ1) is 16.6. The van der Waals surface area contributed by atoms with Gasteiger partial charge in [0.15, 0.2) is 0 Å². The fourth-order valence-electron chi connectivity index (χ4n) is 2.11. The molecule has 0 fully saturated rings. The number of hydrogen-bond donors (Lipinski definition) is 2. The monoisotopic (exact) mass is 314 g/mol.